The summed E-state index contributed by atoms with van der Waals surface area (Å²) < 4.78 is 18.2. The standard InChI is InChI=1S/C31H34N6O9/c1-30(2,3)45-28(42)36(26(38)39)23-15-21(16-24(32-23)37(27(40)41)29(43)46-31(4,5)6)44-18-20-13-10-14-22-25(20)33-34-35(22)17-19-11-8-7-9-12-19/h7-16H,17-18H2,1-6H3,(H,38,39)(H,40,41). The number of aromatic nitrogens is 4. The highest BCUT2D eigenvalue weighted by Crippen LogP contribution is 2.30. The summed E-state index contributed by atoms with van der Waals surface area (Å²) in [5.74, 6) is -1.30. The summed E-state index contributed by atoms with van der Waals surface area (Å²) in [5, 5.41) is 28.4. The summed E-state index contributed by atoms with van der Waals surface area (Å²) in [5.41, 5.74) is 0.721. The zero-order valence-corrected chi connectivity index (χ0v) is 26.1. The summed E-state index contributed by atoms with van der Waals surface area (Å²) >= 11 is 0. The first-order valence-corrected chi connectivity index (χ1v) is 14.0. The molecule has 2 N–H and O–H groups in total. The van der Waals surface area contributed by atoms with Gasteiger partial charge in [0.2, 0.25) is 0 Å². The van der Waals surface area contributed by atoms with Gasteiger partial charge in [0.05, 0.1) is 12.1 Å². The van der Waals surface area contributed by atoms with E-state index in [1.807, 2.05) is 36.4 Å². The van der Waals surface area contributed by atoms with Gasteiger partial charge in [-0.05, 0) is 53.2 Å². The molecule has 2 aromatic carbocycles. The van der Waals surface area contributed by atoms with Crippen molar-refractivity contribution in [1.82, 2.24) is 20.0 Å². The molecule has 0 radical (unpaired) electrons. The predicted molar refractivity (Wildman–Crippen MR) is 165 cm³/mol. The lowest BCUT2D eigenvalue weighted by molar-refractivity contribution is 0.0569. The van der Waals surface area contributed by atoms with Gasteiger partial charge in [0.25, 0.3) is 0 Å². The Balaban J connectivity index is 1.74. The molecule has 0 aliphatic heterocycles. The summed E-state index contributed by atoms with van der Waals surface area (Å²) in [6.45, 7) is 9.56. The van der Waals surface area contributed by atoms with Crippen molar-refractivity contribution >= 4 is 47.0 Å². The van der Waals surface area contributed by atoms with Crippen molar-refractivity contribution in [2.45, 2.75) is 65.9 Å². The van der Waals surface area contributed by atoms with Crippen molar-refractivity contribution in [3.05, 3.63) is 71.8 Å². The minimum atomic E-state index is -1.77. The number of anilines is 2. The molecule has 15 heteroatoms. The van der Waals surface area contributed by atoms with Crippen molar-refractivity contribution in [1.29, 1.82) is 0 Å². The van der Waals surface area contributed by atoms with Gasteiger partial charge in [-0.25, -0.2) is 28.8 Å². The smallest absolute Gasteiger partial charge is 0.425 e. The largest absolute Gasteiger partial charge is 0.489 e. The summed E-state index contributed by atoms with van der Waals surface area (Å²) in [7, 11) is 0. The van der Waals surface area contributed by atoms with Gasteiger partial charge in [0, 0.05) is 17.7 Å². The fourth-order valence-corrected chi connectivity index (χ4v) is 4.14. The van der Waals surface area contributed by atoms with Gasteiger partial charge >= 0.3 is 24.4 Å². The van der Waals surface area contributed by atoms with Crippen LogP contribution in [-0.2, 0) is 22.6 Å². The Morgan fingerprint density at radius 2 is 1.33 bits per heavy atom. The maximum absolute atomic E-state index is 12.9. The molecule has 0 spiro atoms. The molecule has 2 aromatic heterocycles. The van der Waals surface area contributed by atoms with E-state index in [1.165, 1.54) is 41.5 Å². The predicted octanol–water partition coefficient (Wildman–Crippen LogP) is 6.29. The first kappa shape index (κ1) is 33.2. The number of amides is 4. The Kier molecular flexibility index (Phi) is 9.44. The number of hydrogen-bond acceptors (Lipinski definition) is 10. The first-order valence-electron chi connectivity index (χ1n) is 14.0. The molecule has 0 bridgehead atoms. The van der Waals surface area contributed by atoms with Crippen molar-refractivity contribution in [2.75, 3.05) is 9.80 Å². The number of imide groups is 2. The third-order valence-corrected chi connectivity index (χ3v) is 5.96. The van der Waals surface area contributed by atoms with Crippen LogP contribution in [0, 0.1) is 0 Å². The van der Waals surface area contributed by atoms with E-state index in [2.05, 4.69) is 15.3 Å². The fourth-order valence-electron chi connectivity index (χ4n) is 4.14. The lowest BCUT2D eigenvalue weighted by Gasteiger charge is -2.26. The second kappa shape index (κ2) is 13.1. The van der Waals surface area contributed by atoms with Crippen LogP contribution in [0.1, 0.15) is 52.7 Å². The third-order valence-electron chi connectivity index (χ3n) is 5.96. The van der Waals surface area contributed by atoms with Gasteiger partial charge in [-0.2, -0.15) is 9.80 Å². The van der Waals surface area contributed by atoms with E-state index in [-0.39, 0.29) is 22.2 Å². The van der Waals surface area contributed by atoms with Crippen LogP contribution in [0.3, 0.4) is 0 Å². The van der Waals surface area contributed by atoms with E-state index < -0.39 is 47.2 Å². The van der Waals surface area contributed by atoms with Crippen LogP contribution in [0.5, 0.6) is 5.75 Å². The van der Waals surface area contributed by atoms with Crippen molar-refractivity contribution in [3.63, 3.8) is 0 Å². The van der Waals surface area contributed by atoms with E-state index in [9.17, 15) is 29.4 Å². The van der Waals surface area contributed by atoms with Crippen molar-refractivity contribution in [2.24, 2.45) is 0 Å². The van der Waals surface area contributed by atoms with E-state index >= 15 is 0 Å². The molecule has 0 aliphatic rings. The number of pyridine rings is 1. The zero-order valence-electron chi connectivity index (χ0n) is 26.1. The van der Waals surface area contributed by atoms with E-state index in [4.69, 9.17) is 14.2 Å². The topological polar surface area (TPSA) is 187 Å². The van der Waals surface area contributed by atoms with Crippen LogP contribution in [0.25, 0.3) is 11.0 Å². The minimum absolute atomic E-state index is 0.127. The Labute approximate surface area is 263 Å². The van der Waals surface area contributed by atoms with Gasteiger partial charge in [-0.3, -0.25) is 0 Å². The van der Waals surface area contributed by atoms with Gasteiger partial charge < -0.3 is 24.4 Å². The average molecular weight is 635 g/mol. The fraction of sp³-hybridized carbons (Fsp3) is 0.323. The Morgan fingerprint density at radius 1 is 0.783 bits per heavy atom. The third kappa shape index (κ3) is 8.25. The second-order valence-electron chi connectivity index (χ2n) is 12.0. The van der Waals surface area contributed by atoms with E-state index in [1.54, 1.807) is 16.8 Å². The highest BCUT2D eigenvalue weighted by atomic mass is 16.6. The molecular weight excluding hydrogens is 600 g/mol. The highest BCUT2D eigenvalue weighted by molar-refractivity contribution is 6.10. The number of carboxylic acid groups (broad SMARTS) is 2. The normalized spacial score (nSPS) is 11.5. The van der Waals surface area contributed by atoms with Gasteiger partial charge in [-0.1, -0.05) is 47.7 Å². The molecular formula is C31H34N6O9. The Bertz CT molecular complexity index is 1700. The molecule has 0 unspecified atom stereocenters. The van der Waals surface area contributed by atoms with Crippen LogP contribution in [0.15, 0.2) is 60.7 Å². The zero-order chi connectivity index (χ0) is 33.8. The number of carbonyl (C=O) groups excluding carboxylic acids is 2. The van der Waals surface area contributed by atoms with Crippen molar-refractivity contribution < 1.29 is 43.6 Å². The van der Waals surface area contributed by atoms with E-state index in [0.29, 0.717) is 17.6 Å². The van der Waals surface area contributed by atoms with Crippen LogP contribution in [-0.4, -0.2) is 65.8 Å². The van der Waals surface area contributed by atoms with Crippen LogP contribution in [0.2, 0.25) is 0 Å². The number of hydrogen-bond donors (Lipinski definition) is 2. The van der Waals surface area contributed by atoms with Gasteiger partial charge in [0.15, 0.2) is 11.6 Å². The minimum Gasteiger partial charge on any atom is -0.489 e. The molecule has 0 aliphatic carbocycles. The maximum atomic E-state index is 12.9. The van der Waals surface area contributed by atoms with Gasteiger partial charge in [-0.15, -0.1) is 5.10 Å². The maximum Gasteiger partial charge on any atom is 0.425 e. The molecule has 4 aromatic rings. The Hall–Kier alpha value is -5.73. The molecule has 242 valence electrons. The highest BCUT2D eigenvalue weighted by Gasteiger charge is 2.34. The monoisotopic (exact) mass is 634 g/mol. The summed E-state index contributed by atoms with van der Waals surface area (Å²) in [4.78, 5) is 54.7. The van der Waals surface area contributed by atoms with Crippen LogP contribution < -0.4 is 14.5 Å². The summed E-state index contributed by atoms with van der Waals surface area (Å²) in [6.07, 6.45) is -6.17. The van der Waals surface area contributed by atoms with Crippen LogP contribution in [0.4, 0.5) is 30.8 Å². The van der Waals surface area contributed by atoms with Crippen LogP contribution >= 0.6 is 0 Å². The number of ether oxygens (including phenoxy) is 3. The molecule has 15 nitrogen and oxygen atoms in total. The first-order chi connectivity index (χ1) is 21.5. The van der Waals surface area contributed by atoms with Gasteiger partial charge in [0.1, 0.15) is 29.1 Å². The molecule has 0 saturated heterocycles. The van der Waals surface area contributed by atoms with Crippen molar-refractivity contribution in [3.8, 4) is 5.75 Å². The molecule has 2 heterocycles. The molecule has 0 atom stereocenters. The average Bonchev–Trinajstić information content (AvgIpc) is 3.33. The number of fused-ring (bicyclic) bond motifs is 1. The Morgan fingerprint density at radius 3 is 1.83 bits per heavy atom. The number of carbonyl (C=O) groups is 4. The number of nitrogens with zero attached hydrogens (tertiary/aromatic N) is 6. The SMILES string of the molecule is CC(C)(C)OC(=O)N(C(=O)O)c1cc(OCc2cccc3c2nnn3Cc2ccccc2)cc(N(C(=O)O)C(=O)OC(C)(C)C)n1. The number of benzene rings is 2. The molecule has 4 rings (SSSR count). The number of rotatable bonds is 7. The molecule has 46 heavy (non-hydrogen) atoms. The van der Waals surface area contributed by atoms with E-state index in [0.717, 1.165) is 23.2 Å². The summed E-state index contributed by atoms with van der Waals surface area (Å²) in [6, 6.07) is 17.3. The molecule has 4 amide bonds. The lowest BCUT2D eigenvalue weighted by Crippen LogP contribution is -2.42. The molecule has 0 fully saturated rings. The quantitative estimate of drug-likeness (QED) is 0.232. The second-order valence-corrected chi connectivity index (χ2v) is 12.0. The lowest BCUT2D eigenvalue weighted by atomic mass is 10.2. The molecule has 0 saturated carbocycles.